The van der Waals surface area contributed by atoms with Crippen LogP contribution in [0.1, 0.15) is 19.8 Å². The Labute approximate surface area is 122 Å². The van der Waals surface area contributed by atoms with Gasteiger partial charge in [-0.2, -0.15) is 0 Å². The normalized spacial score (nSPS) is 25.3. The lowest BCUT2D eigenvalue weighted by atomic mass is 10.0. The Morgan fingerprint density at radius 1 is 1.29 bits per heavy atom. The van der Waals surface area contributed by atoms with Gasteiger partial charge in [0.2, 0.25) is 5.91 Å². The number of fused-ring (bicyclic) bond motifs is 1. The number of methoxy groups -OCH3 is 1. The van der Waals surface area contributed by atoms with Crippen molar-refractivity contribution in [3.63, 3.8) is 0 Å². The predicted molar refractivity (Wildman–Crippen MR) is 74.6 cm³/mol. The SMILES string of the molecule is COc1cc(F)ccc1N1C(=O)C2CCCN2C(=O)C1C. The highest BCUT2D eigenvalue weighted by atomic mass is 19.1. The van der Waals surface area contributed by atoms with Crippen molar-refractivity contribution >= 4 is 17.5 Å². The number of carbonyl (C=O) groups is 2. The third kappa shape index (κ3) is 2.05. The summed E-state index contributed by atoms with van der Waals surface area (Å²) in [6, 6.07) is 2.97. The molecule has 2 heterocycles. The molecule has 0 aliphatic carbocycles. The van der Waals surface area contributed by atoms with Crippen LogP contribution >= 0.6 is 0 Å². The van der Waals surface area contributed by atoms with E-state index < -0.39 is 17.9 Å². The van der Waals surface area contributed by atoms with Crippen LogP contribution in [0.5, 0.6) is 5.75 Å². The highest BCUT2D eigenvalue weighted by molar-refractivity contribution is 6.09. The van der Waals surface area contributed by atoms with E-state index in [0.717, 1.165) is 6.42 Å². The van der Waals surface area contributed by atoms with Crippen LogP contribution in [-0.2, 0) is 9.59 Å². The lowest BCUT2D eigenvalue weighted by Crippen LogP contribution is -2.62. The van der Waals surface area contributed by atoms with Gasteiger partial charge in [-0.1, -0.05) is 0 Å². The second kappa shape index (κ2) is 5.02. The first kappa shape index (κ1) is 13.9. The van der Waals surface area contributed by atoms with E-state index >= 15 is 0 Å². The summed E-state index contributed by atoms with van der Waals surface area (Å²) in [6.07, 6.45) is 1.51. The van der Waals surface area contributed by atoms with Gasteiger partial charge < -0.3 is 9.64 Å². The molecule has 2 aliphatic rings. The molecular formula is C15H17FN2O3. The number of hydrogen-bond donors (Lipinski definition) is 0. The van der Waals surface area contributed by atoms with Crippen molar-refractivity contribution in [2.24, 2.45) is 0 Å². The fourth-order valence-corrected chi connectivity index (χ4v) is 3.17. The van der Waals surface area contributed by atoms with Crippen LogP contribution in [-0.4, -0.2) is 42.5 Å². The molecule has 0 bridgehead atoms. The molecule has 2 aliphatic heterocycles. The molecule has 1 aromatic carbocycles. The first-order chi connectivity index (χ1) is 10.0. The molecule has 0 radical (unpaired) electrons. The van der Waals surface area contributed by atoms with Gasteiger partial charge in [0.25, 0.3) is 5.91 Å². The molecule has 0 N–H and O–H groups in total. The van der Waals surface area contributed by atoms with Gasteiger partial charge in [0, 0.05) is 12.6 Å². The molecule has 2 unspecified atom stereocenters. The minimum absolute atomic E-state index is 0.0662. The molecule has 0 aromatic heterocycles. The number of hydrogen-bond acceptors (Lipinski definition) is 3. The van der Waals surface area contributed by atoms with Crippen LogP contribution in [0, 0.1) is 5.82 Å². The Kier molecular flexibility index (Phi) is 3.31. The summed E-state index contributed by atoms with van der Waals surface area (Å²) in [5.41, 5.74) is 0.441. The third-order valence-corrected chi connectivity index (χ3v) is 4.20. The molecule has 2 fully saturated rings. The third-order valence-electron chi connectivity index (χ3n) is 4.20. The van der Waals surface area contributed by atoms with E-state index in [0.29, 0.717) is 18.7 Å². The van der Waals surface area contributed by atoms with Gasteiger partial charge >= 0.3 is 0 Å². The molecule has 2 amide bonds. The molecule has 6 heteroatoms. The quantitative estimate of drug-likeness (QED) is 0.831. The predicted octanol–water partition coefficient (Wildman–Crippen LogP) is 1.56. The fraction of sp³-hybridized carbons (Fsp3) is 0.467. The Morgan fingerprint density at radius 3 is 2.76 bits per heavy atom. The van der Waals surface area contributed by atoms with Crippen molar-refractivity contribution in [3.05, 3.63) is 24.0 Å². The van der Waals surface area contributed by atoms with E-state index in [1.807, 2.05) is 0 Å². The van der Waals surface area contributed by atoms with Crippen molar-refractivity contribution in [3.8, 4) is 5.75 Å². The average Bonchev–Trinajstić information content (AvgIpc) is 2.96. The lowest BCUT2D eigenvalue weighted by molar-refractivity contribution is -0.143. The highest BCUT2D eigenvalue weighted by Crippen LogP contribution is 2.36. The first-order valence-electron chi connectivity index (χ1n) is 7.01. The Morgan fingerprint density at radius 2 is 2.05 bits per heavy atom. The van der Waals surface area contributed by atoms with Crippen LogP contribution in [0.15, 0.2) is 18.2 Å². The summed E-state index contributed by atoms with van der Waals surface area (Å²) in [4.78, 5) is 28.2. The molecule has 1 aromatic rings. The van der Waals surface area contributed by atoms with Crippen LogP contribution in [0.4, 0.5) is 10.1 Å². The number of nitrogens with zero attached hydrogens (tertiary/aromatic N) is 2. The maximum absolute atomic E-state index is 13.3. The molecule has 21 heavy (non-hydrogen) atoms. The summed E-state index contributed by atoms with van der Waals surface area (Å²) in [5.74, 6) is -0.371. The van der Waals surface area contributed by atoms with E-state index in [9.17, 15) is 14.0 Å². The van der Waals surface area contributed by atoms with Crippen molar-refractivity contribution < 1.29 is 18.7 Å². The van der Waals surface area contributed by atoms with Gasteiger partial charge in [0.15, 0.2) is 0 Å². The largest absolute Gasteiger partial charge is 0.494 e. The van der Waals surface area contributed by atoms with E-state index in [4.69, 9.17) is 4.74 Å². The monoisotopic (exact) mass is 292 g/mol. The zero-order chi connectivity index (χ0) is 15.1. The molecule has 5 nitrogen and oxygen atoms in total. The van der Waals surface area contributed by atoms with Crippen molar-refractivity contribution in [1.82, 2.24) is 4.90 Å². The van der Waals surface area contributed by atoms with Crippen LogP contribution < -0.4 is 9.64 Å². The Balaban J connectivity index is 2.04. The van der Waals surface area contributed by atoms with Gasteiger partial charge in [-0.25, -0.2) is 4.39 Å². The van der Waals surface area contributed by atoms with Crippen LogP contribution in [0.2, 0.25) is 0 Å². The molecule has 3 rings (SSSR count). The number of anilines is 1. The number of carbonyl (C=O) groups excluding carboxylic acids is 2. The molecular weight excluding hydrogens is 275 g/mol. The van der Waals surface area contributed by atoms with E-state index in [-0.39, 0.29) is 17.6 Å². The molecule has 0 spiro atoms. The molecule has 2 atom stereocenters. The number of rotatable bonds is 2. The van der Waals surface area contributed by atoms with Gasteiger partial charge in [-0.15, -0.1) is 0 Å². The van der Waals surface area contributed by atoms with E-state index in [1.165, 1.54) is 30.2 Å². The Hall–Kier alpha value is -2.11. The number of benzene rings is 1. The topological polar surface area (TPSA) is 49.9 Å². The summed E-state index contributed by atoms with van der Waals surface area (Å²) in [5, 5.41) is 0. The van der Waals surface area contributed by atoms with E-state index in [2.05, 4.69) is 0 Å². The van der Waals surface area contributed by atoms with Gasteiger partial charge in [0.05, 0.1) is 12.8 Å². The fourth-order valence-electron chi connectivity index (χ4n) is 3.17. The second-order valence-corrected chi connectivity index (χ2v) is 5.39. The van der Waals surface area contributed by atoms with Crippen molar-refractivity contribution in [2.45, 2.75) is 31.8 Å². The minimum Gasteiger partial charge on any atom is -0.494 e. The number of halogens is 1. The molecule has 2 saturated heterocycles. The summed E-state index contributed by atoms with van der Waals surface area (Å²) in [7, 11) is 1.42. The minimum atomic E-state index is -0.605. The van der Waals surface area contributed by atoms with Gasteiger partial charge in [-0.05, 0) is 31.9 Å². The van der Waals surface area contributed by atoms with Gasteiger partial charge in [-0.3, -0.25) is 14.5 Å². The summed E-state index contributed by atoms with van der Waals surface area (Å²) < 4.78 is 18.5. The molecule has 112 valence electrons. The second-order valence-electron chi connectivity index (χ2n) is 5.39. The van der Waals surface area contributed by atoms with E-state index in [1.54, 1.807) is 11.8 Å². The van der Waals surface area contributed by atoms with Crippen molar-refractivity contribution in [1.29, 1.82) is 0 Å². The first-order valence-corrected chi connectivity index (χ1v) is 7.01. The van der Waals surface area contributed by atoms with Crippen molar-refractivity contribution in [2.75, 3.05) is 18.6 Å². The summed E-state index contributed by atoms with van der Waals surface area (Å²) in [6.45, 7) is 2.32. The number of amides is 2. The Bertz CT molecular complexity index is 605. The zero-order valence-corrected chi connectivity index (χ0v) is 12.0. The van der Waals surface area contributed by atoms with Crippen LogP contribution in [0.3, 0.4) is 0 Å². The van der Waals surface area contributed by atoms with Crippen LogP contribution in [0.25, 0.3) is 0 Å². The lowest BCUT2D eigenvalue weighted by Gasteiger charge is -2.41. The molecule has 0 saturated carbocycles. The standard InChI is InChI=1S/C15H17FN2O3/c1-9-14(19)17-7-3-4-12(17)15(20)18(9)11-6-5-10(16)8-13(11)21-2/h5-6,8-9,12H,3-4,7H2,1-2H3. The maximum Gasteiger partial charge on any atom is 0.250 e. The summed E-state index contributed by atoms with van der Waals surface area (Å²) >= 11 is 0. The van der Waals surface area contributed by atoms with Gasteiger partial charge in [0.1, 0.15) is 23.7 Å². The average molecular weight is 292 g/mol. The smallest absolute Gasteiger partial charge is 0.250 e. The number of ether oxygens (including phenoxy) is 1. The zero-order valence-electron chi connectivity index (χ0n) is 12.0. The highest BCUT2D eigenvalue weighted by Gasteiger charge is 2.47. The number of piperazine rings is 1. The maximum atomic E-state index is 13.3.